The quantitative estimate of drug-likeness (QED) is 0.647. The number of fused-ring (bicyclic) bond motifs is 1. The van der Waals surface area contributed by atoms with Gasteiger partial charge in [0.15, 0.2) is 0 Å². The fourth-order valence-electron chi connectivity index (χ4n) is 3.61. The summed E-state index contributed by atoms with van der Waals surface area (Å²) >= 11 is 0. The minimum Gasteiger partial charge on any atom is -0.460 e. The molecule has 2 aliphatic rings. The van der Waals surface area contributed by atoms with Crippen molar-refractivity contribution >= 4 is 5.97 Å². The highest BCUT2D eigenvalue weighted by Gasteiger charge is 2.40. The highest BCUT2D eigenvalue weighted by Crippen LogP contribution is 2.44. The zero-order chi connectivity index (χ0) is 12.5. The predicted molar refractivity (Wildman–Crippen MR) is 68.6 cm³/mol. The lowest BCUT2D eigenvalue weighted by atomic mass is 9.65. The second-order valence-corrected chi connectivity index (χ2v) is 6.78. The molecular weight excluding hydrogens is 212 g/mol. The fourth-order valence-corrected chi connectivity index (χ4v) is 3.61. The number of ether oxygens (including phenoxy) is 1. The molecule has 2 saturated carbocycles. The predicted octanol–water partition coefficient (Wildman–Crippen LogP) is 3.93. The van der Waals surface area contributed by atoms with Gasteiger partial charge in [0.05, 0.1) is 5.92 Å². The van der Waals surface area contributed by atoms with E-state index in [1.165, 1.54) is 38.5 Å². The summed E-state index contributed by atoms with van der Waals surface area (Å²) in [6.45, 7) is 5.89. The Hall–Kier alpha value is -0.530. The maximum absolute atomic E-state index is 12.2. The molecule has 2 fully saturated rings. The van der Waals surface area contributed by atoms with Gasteiger partial charge in [-0.15, -0.1) is 0 Å². The molecule has 0 bridgehead atoms. The number of esters is 1. The van der Waals surface area contributed by atoms with Crippen LogP contribution in [-0.2, 0) is 9.53 Å². The Morgan fingerprint density at radius 1 is 1.00 bits per heavy atom. The van der Waals surface area contributed by atoms with E-state index in [4.69, 9.17) is 4.74 Å². The first-order valence-electron chi connectivity index (χ1n) is 7.20. The van der Waals surface area contributed by atoms with Crippen LogP contribution in [0.5, 0.6) is 0 Å². The van der Waals surface area contributed by atoms with E-state index in [-0.39, 0.29) is 17.5 Å². The first-order valence-corrected chi connectivity index (χ1v) is 7.20. The van der Waals surface area contributed by atoms with Gasteiger partial charge in [-0.3, -0.25) is 4.79 Å². The van der Waals surface area contributed by atoms with E-state index in [2.05, 4.69) is 0 Å². The molecule has 3 unspecified atom stereocenters. The normalized spacial score (nSPS) is 33.9. The molecule has 2 rings (SSSR count). The maximum atomic E-state index is 12.2. The Bertz CT molecular complexity index is 275. The average molecular weight is 238 g/mol. The van der Waals surface area contributed by atoms with Crippen molar-refractivity contribution in [2.75, 3.05) is 0 Å². The number of carbonyl (C=O) groups is 1. The number of carbonyl (C=O) groups excluding carboxylic acids is 1. The van der Waals surface area contributed by atoms with Gasteiger partial charge in [-0.1, -0.05) is 32.1 Å². The molecule has 0 radical (unpaired) electrons. The third kappa shape index (κ3) is 3.23. The Kier molecular flexibility index (Phi) is 3.79. The van der Waals surface area contributed by atoms with Gasteiger partial charge in [0, 0.05) is 0 Å². The molecule has 98 valence electrons. The zero-order valence-corrected chi connectivity index (χ0v) is 11.5. The summed E-state index contributed by atoms with van der Waals surface area (Å²) in [6, 6.07) is 0. The van der Waals surface area contributed by atoms with Crippen LogP contribution < -0.4 is 0 Å². The van der Waals surface area contributed by atoms with Gasteiger partial charge in [0.1, 0.15) is 5.60 Å². The number of rotatable bonds is 1. The van der Waals surface area contributed by atoms with E-state index < -0.39 is 0 Å². The summed E-state index contributed by atoms with van der Waals surface area (Å²) in [6.07, 6.45) is 8.85. The largest absolute Gasteiger partial charge is 0.460 e. The van der Waals surface area contributed by atoms with Crippen molar-refractivity contribution in [1.82, 2.24) is 0 Å². The van der Waals surface area contributed by atoms with E-state index in [0.717, 1.165) is 12.3 Å². The Morgan fingerprint density at radius 2 is 1.65 bits per heavy atom. The molecule has 0 amide bonds. The molecule has 2 nitrogen and oxygen atoms in total. The summed E-state index contributed by atoms with van der Waals surface area (Å²) in [7, 11) is 0. The van der Waals surface area contributed by atoms with Crippen LogP contribution in [0.1, 0.15) is 65.7 Å². The molecule has 0 heterocycles. The first kappa shape index (κ1) is 12.9. The van der Waals surface area contributed by atoms with Crippen molar-refractivity contribution in [3.63, 3.8) is 0 Å². The van der Waals surface area contributed by atoms with Crippen molar-refractivity contribution in [2.24, 2.45) is 17.8 Å². The van der Waals surface area contributed by atoms with Crippen LogP contribution in [0.2, 0.25) is 0 Å². The van der Waals surface area contributed by atoms with Crippen LogP contribution in [0, 0.1) is 17.8 Å². The van der Waals surface area contributed by atoms with Crippen molar-refractivity contribution in [2.45, 2.75) is 71.3 Å². The van der Waals surface area contributed by atoms with Crippen LogP contribution >= 0.6 is 0 Å². The molecule has 3 atom stereocenters. The molecular formula is C15H26O2. The van der Waals surface area contributed by atoms with Crippen LogP contribution in [0.3, 0.4) is 0 Å². The maximum Gasteiger partial charge on any atom is 0.309 e. The van der Waals surface area contributed by atoms with Gasteiger partial charge in [-0.05, 0) is 45.4 Å². The highest BCUT2D eigenvalue weighted by molar-refractivity contribution is 5.73. The molecule has 2 heteroatoms. The smallest absolute Gasteiger partial charge is 0.309 e. The lowest BCUT2D eigenvalue weighted by Gasteiger charge is -2.40. The molecule has 0 spiro atoms. The lowest BCUT2D eigenvalue weighted by molar-refractivity contribution is -0.165. The minimum absolute atomic E-state index is 0.0640. The second-order valence-electron chi connectivity index (χ2n) is 6.78. The highest BCUT2D eigenvalue weighted by atomic mass is 16.6. The van der Waals surface area contributed by atoms with Crippen molar-refractivity contribution < 1.29 is 9.53 Å². The third-order valence-corrected chi connectivity index (χ3v) is 4.28. The van der Waals surface area contributed by atoms with Crippen LogP contribution in [0.25, 0.3) is 0 Å². The van der Waals surface area contributed by atoms with Gasteiger partial charge in [-0.25, -0.2) is 0 Å². The van der Waals surface area contributed by atoms with E-state index in [1.54, 1.807) is 0 Å². The Labute approximate surface area is 105 Å². The Morgan fingerprint density at radius 3 is 2.35 bits per heavy atom. The van der Waals surface area contributed by atoms with E-state index in [0.29, 0.717) is 5.92 Å². The summed E-state index contributed by atoms with van der Waals surface area (Å²) in [5.74, 6) is 1.67. The van der Waals surface area contributed by atoms with Gasteiger partial charge in [0.25, 0.3) is 0 Å². The fraction of sp³-hybridized carbons (Fsp3) is 0.933. The molecule has 2 aliphatic carbocycles. The number of hydrogen-bond donors (Lipinski definition) is 0. The van der Waals surface area contributed by atoms with Crippen molar-refractivity contribution in [3.05, 3.63) is 0 Å². The monoisotopic (exact) mass is 238 g/mol. The van der Waals surface area contributed by atoms with E-state index >= 15 is 0 Å². The van der Waals surface area contributed by atoms with Crippen LogP contribution in [0.4, 0.5) is 0 Å². The van der Waals surface area contributed by atoms with Gasteiger partial charge in [0.2, 0.25) is 0 Å². The van der Waals surface area contributed by atoms with Gasteiger partial charge < -0.3 is 4.74 Å². The standard InChI is InChI=1S/C15H26O2/c1-15(2,3)17-14(16)13-10-6-8-11-7-4-5-9-12(11)13/h11-13H,4-10H2,1-3H3. The molecule has 0 aliphatic heterocycles. The first-order chi connectivity index (χ1) is 7.97. The summed E-state index contributed by atoms with van der Waals surface area (Å²) < 4.78 is 5.59. The molecule has 0 N–H and O–H groups in total. The SMILES string of the molecule is CC(C)(C)OC(=O)C1CCCC2CCCCC21. The molecule has 0 aromatic rings. The van der Waals surface area contributed by atoms with E-state index in [1.807, 2.05) is 20.8 Å². The second kappa shape index (κ2) is 4.99. The minimum atomic E-state index is -0.335. The van der Waals surface area contributed by atoms with Gasteiger partial charge in [-0.2, -0.15) is 0 Å². The van der Waals surface area contributed by atoms with Crippen LogP contribution in [0.15, 0.2) is 0 Å². The zero-order valence-electron chi connectivity index (χ0n) is 11.5. The van der Waals surface area contributed by atoms with Crippen molar-refractivity contribution in [1.29, 1.82) is 0 Å². The van der Waals surface area contributed by atoms with E-state index in [9.17, 15) is 4.79 Å². The third-order valence-electron chi connectivity index (χ3n) is 4.28. The number of hydrogen-bond acceptors (Lipinski definition) is 2. The van der Waals surface area contributed by atoms with Crippen LogP contribution in [-0.4, -0.2) is 11.6 Å². The summed E-state index contributed by atoms with van der Waals surface area (Å²) in [5.41, 5.74) is -0.335. The molecule has 0 saturated heterocycles. The van der Waals surface area contributed by atoms with Crippen molar-refractivity contribution in [3.8, 4) is 0 Å². The topological polar surface area (TPSA) is 26.3 Å². The molecule has 0 aromatic heterocycles. The Balaban J connectivity index is 2.01. The summed E-state index contributed by atoms with van der Waals surface area (Å²) in [5, 5.41) is 0. The molecule has 0 aromatic carbocycles. The average Bonchev–Trinajstić information content (AvgIpc) is 2.26. The summed E-state index contributed by atoms with van der Waals surface area (Å²) in [4.78, 5) is 12.2. The molecule has 17 heavy (non-hydrogen) atoms. The lowest BCUT2D eigenvalue weighted by Crippen LogP contribution is -2.39. The van der Waals surface area contributed by atoms with Gasteiger partial charge >= 0.3 is 5.97 Å².